The van der Waals surface area contributed by atoms with Crippen molar-refractivity contribution in [1.29, 1.82) is 0 Å². The molecule has 0 aliphatic heterocycles. The molecule has 3 N–H and O–H groups in total. The average Bonchev–Trinajstić information content (AvgIpc) is 2.73. The third-order valence-electron chi connectivity index (χ3n) is 4.67. The van der Waals surface area contributed by atoms with Crippen LogP contribution < -0.4 is 10.3 Å². The number of phenols is 1. The highest BCUT2D eigenvalue weighted by molar-refractivity contribution is 5.85. The van der Waals surface area contributed by atoms with E-state index in [1.807, 2.05) is 24.3 Å². The maximum absolute atomic E-state index is 13.0. The Morgan fingerprint density at radius 2 is 1.72 bits per heavy atom. The van der Waals surface area contributed by atoms with Crippen LogP contribution in [0.1, 0.15) is 22.7 Å². The first-order valence-electron chi connectivity index (χ1n) is 8.90. The van der Waals surface area contributed by atoms with E-state index in [2.05, 4.69) is 15.3 Å². The first-order chi connectivity index (χ1) is 13.9. The number of hydrogen-bond donors (Lipinski definition) is 2. The van der Waals surface area contributed by atoms with Crippen LogP contribution in [0.15, 0.2) is 79.1 Å². The van der Waals surface area contributed by atoms with E-state index >= 15 is 0 Å². The van der Waals surface area contributed by atoms with Gasteiger partial charge in [0, 0.05) is 28.8 Å². The number of aromatic nitrogens is 2. The third kappa shape index (κ3) is 3.85. The lowest BCUT2D eigenvalue weighted by atomic mass is 9.95. The Balaban J connectivity index is 1.82. The molecule has 0 aliphatic rings. The number of benzene rings is 2. The van der Waals surface area contributed by atoms with E-state index < -0.39 is 17.8 Å². The highest BCUT2D eigenvalue weighted by atomic mass is 19.4. The predicted octanol–water partition coefficient (Wildman–Crippen LogP) is 4.97. The molecule has 2 aromatic carbocycles. The molecular weight excluding hydrogens is 379 g/mol. The van der Waals surface area contributed by atoms with Crippen LogP contribution in [0.4, 0.5) is 19.0 Å². The molecule has 4 rings (SSSR count). The number of phenolic OH excluding ortho intramolecular Hbond substituents is 1. The molecule has 0 saturated heterocycles. The SMILES string of the molecule is Oc1c([C@H](Nc2cccc[nH+]2)c2ccc(C(F)(F)F)cc2)ccc2cccnc12. The van der Waals surface area contributed by atoms with Gasteiger partial charge < -0.3 is 5.11 Å². The van der Waals surface area contributed by atoms with Crippen LogP contribution in [0.3, 0.4) is 0 Å². The molecule has 0 aliphatic carbocycles. The van der Waals surface area contributed by atoms with E-state index in [0.29, 0.717) is 22.5 Å². The monoisotopic (exact) mass is 396 g/mol. The van der Waals surface area contributed by atoms with E-state index in [-0.39, 0.29) is 5.75 Å². The minimum absolute atomic E-state index is 0.0172. The number of H-pyrrole nitrogens is 1. The molecule has 0 fully saturated rings. The zero-order chi connectivity index (χ0) is 20.4. The number of aromatic hydroxyl groups is 1. The molecule has 1 atom stereocenters. The molecule has 4 nitrogen and oxygen atoms in total. The molecule has 2 aromatic heterocycles. The van der Waals surface area contributed by atoms with Gasteiger partial charge >= 0.3 is 6.18 Å². The Morgan fingerprint density at radius 3 is 2.41 bits per heavy atom. The van der Waals surface area contributed by atoms with Crippen molar-refractivity contribution in [2.75, 3.05) is 5.32 Å². The average molecular weight is 396 g/mol. The predicted molar refractivity (Wildman–Crippen MR) is 103 cm³/mol. The molecule has 0 radical (unpaired) electrons. The Hall–Kier alpha value is -3.61. The van der Waals surface area contributed by atoms with Crippen LogP contribution in [0.25, 0.3) is 10.9 Å². The standard InChI is InChI=1S/C22H16F3N3O/c23-22(24,25)16-9-6-15(7-10-16)19(28-18-5-1-2-12-26-18)17-11-8-14-4-3-13-27-20(14)21(17)29/h1-13,19,29H,(H,26,28)/p+1/t19-/m1/s1. The van der Waals surface area contributed by atoms with Gasteiger partial charge in [-0.05, 0) is 30.3 Å². The summed E-state index contributed by atoms with van der Waals surface area (Å²) >= 11 is 0. The second kappa shape index (κ2) is 7.43. The van der Waals surface area contributed by atoms with Gasteiger partial charge in [-0.25, -0.2) is 4.98 Å². The molecule has 0 saturated carbocycles. The van der Waals surface area contributed by atoms with Gasteiger partial charge in [0.1, 0.15) is 17.3 Å². The van der Waals surface area contributed by atoms with Crippen molar-refractivity contribution < 1.29 is 23.3 Å². The lowest BCUT2D eigenvalue weighted by Gasteiger charge is -2.18. The van der Waals surface area contributed by atoms with Gasteiger partial charge in [0.15, 0.2) is 0 Å². The third-order valence-corrected chi connectivity index (χ3v) is 4.67. The Kier molecular flexibility index (Phi) is 4.80. The van der Waals surface area contributed by atoms with Crippen molar-refractivity contribution in [1.82, 2.24) is 4.98 Å². The summed E-state index contributed by atoms with van der Waals surface area (Å²) in [5.74, 6) is 0.634. The van der Waals surface area contributed by atoms with E-state index in [1.54, 1.807) is 30.6 Å². The number of nitrogens with zero attached hydrogens (tertiary/aromatic N) is 1. The van der Waals surface area contributed by atoms with Gasteiger partial charge in [-0.2, -0.15) is 13.2 Å². The number of hydrogen-bond acceptors (Lipinski definition) is 3. The molecule has 0 amide bonds. The summed E-state index contributed by atoms with van der Waals surface area (Å²) in [7, 11) is 0. The summed E-state index contributed by atoms with van der Waals surface area (Å²) in [6, 6.07) is 16.9. The van der Waals surface area contributed by atoms with Gasteiger partial charge in [-0.3, -0.25) is 10.3 Å². The van der Waals surface area contributed by atoms with Crippen molar-refractivity contribution in [2.24, 2.45) is 0 Å². The summed E-state index contributed by atoms with van der Waals surface area (Å²) in [5, 5.41) is 14.9. The van der Waals surface area contributed by atoms with Gasteiger partial charge in [0.2, 0.25) is 0 Å². The highest BCUT2D eigenvalue weighted by Gasteiger charge is 2.31. The molecular formula is C22H17F3N3O+. The highest BCUT2D eigenvalue weighted by Crippen LogP contribution is 2.37. The first kappa shape index (κ1) is 18.7. The van der Waals surface area contributed by atoms with Gasteiger partial charge in [0.05, 0.1) is 11.8 Å². The van der Waals surface area contributed by atoms with Crippen LogP contribution in [0.5, 0.6) is 5.75 Å². The van der Waals surface area contributed by atoms with Crippen molar-refractivity contribution in [2.45, 2.75) is 12.2 Å². The topological polar surface area (TPSA) is 59.3 Å². The quantitative estimate of drug-likeness (QED) is 0.512. The fraction of sp³-hybridized carbons (Fsp3) is 0.0909. The fourth-order valence-electron chi connectivity index (χ4n) is 3.22. The molecule has 2 heterocycles. The molecule has 146 valence electrons. The Labute approximate surface area is 164 Å². The molecule has 0 bridgehead atoms. The number of aromatic amines is 1. The number of alkyl halides is 3. The van der Waals surface area contributed by atoms with Crippen molar-refractivity contribution in [3.8, 4) is 5.75 Å². The summed E-state index contributed by atoms with van der Waals surface area (Å²) in [6.07, 6.45) is -1.10. The van der Waals surface area contributed by atoms with Gasteiger partial charge in [-0.1, -0.05) is 30.3 Å². The molecule has 29 heavy (non-hydrogen) atoms. The molecule has 0 unspecified atom stereocenters. The second-order valence-electron chi connectivity index (χ2n) is 6.55. The maximum atomic E-state index is 13.0. The minimum atomic E-state index is -4.41. The van der Waals surface area contributed by atoms with Crippen LogP contribution in [-0.2, 0) is 6.18 Å². The van der Waals surface area contributed by atoms with Gasteiger partial charge in [-0.15, -0.1) is 0 Å². The van der Waals surface area contributed by atoms with Crippen LogP contribution >= 0.6 is 0 Å². The number of rotatable bonds is 4. The Bertz CT molecular complexity index is 1130. The van der Waals surface area contributed by atoms with Crippen molar-refractivity contribution in [3.63, 3.8) is 0 Å². The number of nitrogens with one attached hydrogen (secondary N) is 2. The van der Waals surface area contributed by atoms with Crippen LogP contribution in [-0.4, -0.2) is 10.1 Å². The van der Waals surface area contributed by atoms with Crippen LogP contribution in [0, 0.1) is 0 Å². The summed E-state index contributed by atoms with van der Waals surface area (Å²) in [6.45, 7) is 0. The summed E-state index contributed by atoms with van der Waals surface area (Å²) < 4.78 is 38.9. The molecule has 7 heteroatoms. The van der Waals surface area contributed by atoms with Gasteiger partial charge in [0.25, 0.3) is 5.82 Å². The van der Waals surface area contributed by atoms with E-state index in [0.717, 1.165) is 17.5 Å². The van der Waals surface area contributed by atoms with Crippen molar-refractivity contribution >= 4 is 16.7 Å². The number of anilines is 1. The number of pyridine rings is 2. The molecule has 4 aromatic rings. The van der Waals surface area contributed by atoms with Crippen LogP contribution in [0.2, 0.25) is 0 Å². The number of fused-ring (bicyclic) bond motifs is 1. The zero-order valence-corrected chi connectivity index (χ0v) is 15.1. The number of halogens is 3. The van der Waals surface area contributed by atoms with E-state index in [9.17, 15) is 18.3 Å². The second-order valence-corrected chi connectivity index (χ2v) is 6.55. The van der Waals surface area contributed by atoms with Crippen molar-refractivity contribution in [3.05, 3.63) is 95.8 Å². The smallest absolute Gasteiger partial charge is 0.416 e. The fourth-order valence-corrected chi connectivity index (χ4v) is 3.22. The minimum Gasteiger partial charge on any atom is -0.505 e. The molecule has 0 spiro atoms. The lowest BCUT2D eigenvalue weighted by molar-refractivity contribution is -0.361. The zero-order valence-electron chi connectivity index (χ0n) is 15.1. The van der Waals surface area contributed by atoms with E-state index in [1.165, 1.54) is 12.1 Å². The lowest BCUT2D eigenvalue weighted by Crippen LogP contribution is -2.19. The summed E-state index contributed by atoms with van der Waals surface area (Å²) in [5.41, 5.74) is 0.783. The largest absolute Gasteiger partial charge is 0.505 e. The maximum Gasteiger partial charge on any atom is 0.416 e. The Morgan fingerprint density at radius 1 is 0.931 bits per heavy atom. The normalized spacial score (nSPS) is 12.7. The first-order valence-corrected chi connectivity index (χ1v) is 8.90. The summed E-state index contributed by atoms with van der Waals surface area (Å²) in [4.78, 5) is 7.28. The van der Waals surface area contributed by atoms with E-state index in [4.69, 9.17) is 0 Å².